The first kappa shape index (κ1) is 24.5. The highest BCUT2D eigenvalue weighted by Crippen LogP contribution is 2.33. The number of aromatic nitrogens is 1. The average molecular weight is 474 g/mol. The van der Waals surface area contributed by atoms with Crippen molar-refractivity contribution in [2.24, 2.45) is 0 Å². The predicted octanol–water partition coefficient (Wildman–Crippen LogP) is 5.27. The van der Waals surface area contributed by atoms with Gasteiger partial charge in [-0.25, -0.2) is 17.7 Å². The van der Waals surface area contributed by atoms with E-state index in [0.717, 1.165) is 6.07 Å². The number of anilines is 1. The van der Waals surface area contributed by atoms with Crippen LogP contribution in [0.2, 0.25) is 0 Å². The molecule has 3 aromatic rings. The zero-order chi connectivity index (χ0) is 24.0. The normalized spacial score (nSPS) is 13.2. The molecule has 2 atom stereocenters. The van der Waals surface area contributed by atoms with Gasteiger partial charge in [-0.05, 0) is 51.1 Å². The topological polar surface area (TPSA) is 80.3 Å². The molecule has 174 valence electrons. The second kappa shape index (κ2) is 10.6. The summed E-state index contributed by atoms with van der Waals surface area (Å²) in [5.74, 6) is -2.65. The van der Waals surface area contributed by atoms with Gasteiger partial charge in [-0.1, -0.05) is 24.3 Å². The van der Waals surface area contributed by atoms with E-state index in [1.165, 1.54) is 18.5 Å². The van der Waals surface area contributed by atoms with Crippen LogP contribution in [0.15, 0.2) is 67.0 Å². The van der Waals surface area contributed by atoms with Crippen molar-refractivity contribution in [2.45, 2.75) is 38.0 Å². The highest BCUT2D eigenvalue weighted by atomic mass is 32.2. The Balaban J connectivity index is 1.92. The standard InChI is InChI=1S/C24H25F2N3O3S/c1-24(2,3)33(31)29-20(15-21(30)28-16-11-13-27-14-12-16)18-9-10-19(25)23(22(18)26)32-17-7-5-4-6-8-17/h4-14,20,29H,15H2,1-3H3,(H,27,28,30). The number of nitrogens with one attached hydrogen (secondary N) is 2. The number of ether oxygens (including phenoxy) is 1. The largest absolute Gasteiger partial charge is 0.451 e. The van der Waals surface area contributed by atoms with E-state index in [1.54, 1.807) is 63.2 Å². The van der Waals surface area contributed by atoms with Crippen LogP contribution in [0.3, 0.4) is 0 Å². The Labute approximate surface area is 194 Å². The molecule has 0 saturated heterocycles. The summed E-state index contributed by atoms with van der Waals surface area (Å²) in [5, 5.41) is 2.69. The van der Waals surface area contributed by atoms with Crippen molar-refractivity contribution < 1.29 is 22.5 Å². The second-order valence-corrected chi connectivity index (χ2v) is 10.2. The summed E-state index contributed by atoms with van der Waals surface area (Å²) in [5.41, 5.74) is 0.475. The fourth-order valence-corrected chi connectivity index (χ4v) is 3.69. The van der Waals surface area contributed by atoms with E-state index in [2.05, 4.69) is 15.0 Å². The summed E-state index contributed by atoms with van der Waals surface area (Å²) in [6.45, 7) is 5.24. The van der Waals surface area contributed by atoms with E-state index in [0.29, 0.717) is 5.69 Å². The Hall–Kier alpha value is -3.17. The fourth-order valence-electron chi connectivity index (χ4n) is 2.87. The Morgan fingerprint density at radius 1 is 1.06 bits per heavy atom. The molecule has 0 radical (unpaired) electrons. The van der Waals surface area contributed by atoms with Gasteiger partial charge in [0.15, 0.2) is 17.4 Å². The van der Waals surface area contributed by atoms with Gasteiger partial charge in [0.1, 0.15) is 5.75 Å². The van der Waals surface area contributed by atoms with Crippen molar-refractivity contribution in [2.75, 3.05) is 5.32 Å². The minimum Gasteiger partial charge on any atom is -0.451 e. The van der Waals surface area contributed by atoms with E-state index in [4.69, 9.17) is 4.74 Å². The first-order valence-electron chi connectivity index (χ1n) is 10.2. The lowest BCUT2D eigenvalue weighted by atomic mass is 10.0. The van der Waals surface area contributed by atoms with Gasteiger partial charge in [-0.2, -0.15) is 0 Å². The van der Waals surface area contributed by atoms with Crippen LogP contribution in [0, 0.1) is 11.6 Å². The minimum atomic E-state index is -1.63. The third-order valence-corrected chi connectivity index (χ3v) is 6.19. The molecule has 2 unspecified atom stereocenters. The molecule has 0 aliphatic carbocycles. The molecule has 3 rings (SSSR count). The van der Waals surface area contributed by atoms with E-state index in [9.17, 15) is 13.4 Å². The van der Waals surface area contributed by atoms with E-state index >= 15 is 4.39 Å². The van der Waals surface area contributed by atoms with Gasteiger partial charge >= 0.3 is 0 Å². The van der Waals surface area contributed by atoms with Crippen LogP contribution in [-0.4, -0.2) is 19.8 Å². The van der Waals surface area contributed by atoms with Crippen molar-refractivity contribution in [1.29, 1.82) is 0 Å². The van der Waals surface area contributed by atoms with E-state index in [-0.39, 0.29) is 17.7 Å². The maximum atomic E-state index is 15.4. The first-order valence-corrected chi connectivity index (χ1v) is 11.4. The number of amides is 1. The predicted molar refractivity (Wildman–Crippen MR) is 124 cm³/mol. The zero-order valence-electron chi connectivity index (χ0n) is 18.5. The summed E-state index contributed by atoms with van der Waals surface area (Å²) in [4.78, 5) is 16.6. The molecule has 0 fully saturated rings. The molecule has 2 aromatic carbocycles. The quantitative estimate of drug-likeness (QED) is 0.467. The fraction of sp³-hybridized carbons (Fsp3) is 0.250. The zero-order valence-corrected chi connectivity index (χ0v) is 19.3. The number of carbonyl (C=O) groups is 1. The Morgan fingerprint density at radius 3 is 2.36 bits per heavy atom. The van der Waals surface area contributed by atoms with Gasteiger partial charge in [0.2, 0.25) is 5.91 Å². The van der Waals surface area contributed by atoms with Gasteiger partial charge < -0.3 is 10.1 Å². The molecule has 0 bridgehead atoms. The molecule has 0 spiro atoms. The molecule has 1 aromatic heterocycles. The van der Waals surface area contributed by atoms with E-state index < -0.39 is 45.1 Å². The summed E-state index contributed by atoms with van der Waals surface area (Å²) in [7, 11) is -1.63. The molecule has 33 heavy (non-hydrogen) atoms. The number of halogens is 2. The van der Waals surface area contributed by atoms with Crippen molar-refractivity contribution >= 4 is 22.6 Å². The number of benzene rings is 2. The van der Waals surface area contributed by atoms with Crippen molar-refractivity contribution in [3.05, 3.63) is 84.2 Å². The van der Waals surface area contributed by atoms with Gasteiger partial charge in [-0.3, -0.25) is 9.78 Å². The number of nitrogens with zero attached hydrogens (tertiary/aromatic N) is 1. The molecular formula is C24H25F2N3O3S. The van der Waals surface area contributed by atoms with Crippen LogP contribution >= 0.6 is 0 Å². The van der Waals surface area contributed by atoms with Crippen LogP contribution in [0.4, 0.5) is 14.5 Å². The highest BCUT2D eigenvalue weighted by molar-refractivity contribution is 7.84. The molecule has 0 aliphatic rings. The number of hydrogen-bond donors (Lipinski definition) is 2. The average Bonchev–Trinajstić information content (AvgIpc) is 2.77. The van der Waals surface area contributed by atoms with Crippen LogP contribution in [0.25, 0.3) is 0 Å². The minimum absolute atomic E-state index is 0.0372. The van der Waals surface area contributed by atoms with Crippen LogP contribution in [0.1, 0.15) is 38.8 Å². The monoisotopic (exact) mass is 473 g/mol. The molecule has 0 aliphatic heterocycles. The first-order chi connectivity index (χ1) is 15.6. The third-order valence-electron chi connectivity index (χ3n) is 4.58. The lowest BCUT2D eigenvalue weighted by Gasteiger charge is -2.25. The Bertz CT molecular complexity index is 1120. The molecule has 2 N–H and O–H groups in total. The van der Waals surface area contributed by atoms with E-state index in [1.807, 2.05) is 0 Å². The number of hydrogen-bond acceptors (Lipinski definition) is 4. The van der Waals surface area contributed by atoms with Crippen LogP contribution in [0.5, 0.6) is 11.5 Å². The maximum Gasteiger partial charge on any atom is 0.226 e. The van der Waals surface area contributed by atoms with Crippen LogP contribution < -0.4 is 14.8 Å². The number of rotatable bonds is 8. The van der Waals surface area contributed by atoms with Gasteiger partial charge in [0.25, 0.3) is 0 Å². The summed E-state index contributed by atoms with van der Waals surface area (Å²) < 4.78 is 50.3. The van der Waals surface area contributed by atoms with Gasteiger partial charge in [0.05, 0.1) is 21.8 Å². The maximum absolute atomic E-state index is 15.4. The Morgan fingerprint density at radius 2 is 1.73 bits per heavy atom. The molecule has 1 heterocycles. The summed E-state index contributed by atoms with van der Waals surface area (Å²) in [6, 6.07) is 12.7. The molecule has 1 amide bonds. The van der Waals surface area contributed by atoms with Crippen molar-refractivity contribution in [1.82, 2.24) is 9.71 Å². The number of carbonyl (C=O) groups excluding carboxylic acids is 1. The molecule has 9 heteroatoms. The number of pyridine rings is 1. The second-order valence-electron chi connectivity index (χ2n) is 8.23. The SMILES string of the molecule is CC(C)(C)S(=O)NC(CC(=O)Nc1ccncc1)c1ccc(F)c(Oc2ccccc2)c1F. The molecular weight excluding hydrogens is 448 g/mol. The van der Waals surface area contributed by atoms with Crippen LogP contribution in [-0.2, 0) is 15.8 Å². The number of para-hydroxylation sites is 1. The summed E-state index contributed by atoms with van der Waals surface area (Å²) >= 11 is 0. The highest BCUT2D eigenvalue weighted by Gasteiger charge is 2.29. The van der Waals surface area contributed by atoms with Crippen molar-refractivity contribution in [3.63, 3.8) is 0 Å². The molecule has 6 nitrogen and oxygen atoms in total. The lowest BCUT2D eigenvalue weighted by Crippen LogP contribution is -2.37. The molecule has 0 saturated carbocycles. The lowest BCUT2D eigenvalue weighted by molar-refractivity contribution is -0.116. The third kappa shape index (κ3) is 6.66. The van der Waals surface area contributed by atoms with Gasteiger partial charge in [0, 0.05) is 30.1 Å². The smallest absolute Gasteiger partial charge is 0.226 e. The summed E-state index contributed by atoms with van der Waals surface area (Å²) in [6.07, 6.45) is 2.79. The van der Waals surface area contributed by atoms with Crippen molar-refractivity contribution in [3.8, 4) is 11.5 Å². The van der Waals surface area contributed by atoms with Gasteiger partial charge in [-0.15, -0.1) is 0 Å². The Kier molecular flexibility index (Phi) is 7.88.